The summed E-state index contributed by atoms with van der Waals surface area (Å²) in [7, 11) is 0. The monoisotopic (exact) mass is 304 g/mol. The van der Waals surface area contributed by atoms with Crippen LogP contribution < -0.4 is 11.1 Å². The van der Waals surface area contributed by atoms with Crippen LogP contribution in [0, 0.1) is 23.2 Å². The summed E-state index contributed by atoms with van der Waals surface area (Å²) in [6.07, 6.45) is 7.23. The van der Waals surface area contributed by atoms with E-state index < -0.39 is 0 Å². The number of rotatable bonds is 2. The van der Waals surface area contributed by atoms with Gasteiger partial charge < -0.3 is 11.1 Å². The molecule has 0 aliphatic heterocycles. The predicted octanol–water partition coefficient (Wildman–Crippen LogP) is 4.08. The first kappa shape index (κ1) is 13.4. The Kier molecular flexibility index (Phi) is 2.97. The van der Waals surface area contributed by atoms with Crippen LogP contribution in [-0.4, -0.2) is 5.91 Å². The molecule has 4 aliphatic carbocycles. The molecule has 1 aromatic carbocycles. The lowest BCUT2D eigenvalue weighted by molar-refractivity contribution is -0.140. The highest BCUT2D eigenvalue weighted by Crippen LogP contribution is 2.60. The van der Waals surface area contributed by atoms with Gasteiger partial charge >= 0.3 is 0 Å². The van der Waals surface area contributed by atoms with E-state index in [2.05, 4.69) is 5.32 Å². The number of anilines is 2. The molecule has 3 nitrogen and oxygen atoms in total. The van der Waals surface area contributed by atoms with E-state index in [-0.39, 0.29) is 11.3 Å². The molecule has 3 N–H and O–H groups in total. The lowest BCUT2D eigenvalue weighted by Crippen LogP contribution is -2.51. The van der Waals surface area contributed by atoms with E-state index >= 15 is 0 Å². The van der Waals surface area contributed by atoms with Crippen LogP contribution in [0.5, 0.6) is 0 Å². The lowest BCUT2D eigenvalue weighted by Gasteiger charge is -2.55. The Labute approximate surface area is 130 Å². The summed E-state index contributed by atoms with van der Waals surface area (Å²) in [6.45, 7) is 0. The van der Waals surface area contributed by atoms with Crippen LogP contribution in [-0.2, 0) is 4.79 Å². The van der Waals surface area contributed by atoms with Crippen molar-refractivity contribution in [2.24, 2.45) is 23.2 Å². The van der Waals surface area contributed by atoms with Gasteiger partial charge in [0, 0.05) is 5.69 Å². The molecule has 4 heteroatoms. The summed E-state index contributed by atoms with van der Waals surface area (Å²) in [4.78, 5) is 12.9. The van der Waals surface area contributed by atoms with Gasteiger partial charge in [-0.2, -0.15) is 0 Å². The number of nitrogens with one attached hydrogen (secondary N) is 1. The first-order valence-corrected chi connectivity index (χ1v) is 8.28. The summed E-state index contributed by atoms with van der Waals surface area (Å²) in [6, 6.07) is 5.27. The maximum Gasteiger partial charge on any atom is 0.230 e. The van der Waals surface area contributed by atoms with Crippen molar-refractivity contribution >= 4 is 28.9 Å². The Morgan fingerprint density at radius 2 is 1.71 bits per heavy atom. The third kappa shape index (κ3) is 2.22. The molecule has 5 rings (SSSR count). The number of nitrogens with two attached hydrogens (primary N) is 1. The number of benzene rings is 1. The van der Waals surface area contributed by atoms with Crippen molar-refractivity contribution in [3.63, 3.8) is 0 Å². The Morgan fingerprint density at radius 1 is 1.14 bits per heavy atom. The van der Waals surface area contributed by atoms with Crippen molar-refractivity contribution in [2.75, 3.05) is 11.1 Å². The molecule has 4 bridgehead atoms. The zero-order valence-electron chi connectivity index (χ0n) is 12.1. The smallest absolute Gasteiger partial charge is 0.230 e. The highest BCUT2D eigenvalue weighted by molar-refractivity contribution is 6.34. The van der Waals surface area contributed by atoms with Gasteiger partial charge in [0.1, 0.15) is 0 Å². The molecule has 0 radical (unpaired) electrons. The maximum atomic E-state index is 12.9. The largest absolute Gasteiger partial charge is 0.399 e. The lowest BCUT2D eigenvalue weighted by atomic mass is 9.49. The maximum absolute atomic E-state index is 12.9. The van der Waals surface area contributed by atoms with Crippen molar-refractivity contribution < 1.29 is 4.79 Å². The number of nitrogen functional groups attached to an aromatic ring is 1. The van der Waals surface area contributed by atoms with Crippen LogP contribution in [0.4, 0.5) is 11.4 Å². The molecule has 0 aromatic heterocycles. The summed E-state index contributed by atoms with van der Waals surface area (Å²) in [5, 5.41) is 3.59. The molecular formula is C17H21ClN2O. The van der Waals surface area contributed by atoms with Gasteiger partial charge in [-0.05, 0) is 74.5 Å². The van der Waals surface area contributed by atoms with E-state index in [1.165, 1.54) is 19.3 Å². The van der Waals surface area contributed by atoms with Gasteiger partial charge in [-0.25, -0.2) is 0 Å². The number of carbonyl (C=O) groups is 1. The first-order valence-electron chi connectivity index (χ1n) is 7.90. The Balaban J connectivity index is 1.57. The first-order chi connectivity index (χ1) is 10.0. The second kappa shape index (κ2) is 4.64. The Bertz CT molecular complexity index is 563. The number of hydrogen-bond acceptors (Lipinski definition) is 2. The minimum atomic E-state index is -0.139. The van der Waals surface area contributed by atoms with Crippen LogP contribution in [0.3, 0.4) is 0 Å². The fourth-order valence-corrected chi connectivity index (χ4v) is 5.51. The quantitative estimate of drug-likeness (QED) is 0.809. The van der Waals surface area contributed by atoms with Crippen LogP contribution in [0.2, 0.25) is 5.02 Å². The molecule has 0 saturated heterocycles. The van der Waals surface area contributed by atoms with Gasteiger partial charge in [0.15, 0.2) is 0 Å². The summed E-state index contributed by atoms with van der Waals surface area (Å²) >= 11 is 6.19. The van der Waals surface area contributed by atoms with Gasteiger partial charge in [0.25, 0.3) is 0 Å². The number of carbonyl (C=O) groups excluding carboxylic acids is 1. The average Bonchev–Trinajstić information content (AvgIpc) is 2.40. The van der Waals surface area contributed by atoms with E-state index in [4.69, 9.17) is 17.3 Å². The second-order valence-corrected chi connectivity index (χ2v) is 7.80. The van der Waals surface area contributed by atoms with Crippen LogP contribution >= 0.6 is 11.6 Å². The molecule has 0 atom stereocenters. The van der Waals surface area contributed by atoms with E-state index in [1.807, 2.05) is 0 Å². The molecule has 0 spiro atoms. The molecule has 4 aliphatic rings. The fraction of sp³-hybridized carbons (Fsp3) is 0.588. The minimum Gasteiger partial charge on any atom is -0.399 e. The topological polar surface area (TPSA) is 55.1 Å². The van der Waals surface area contributed by atoms with Crippen LogP contribution in [0.15, 0.2) is 18.2 Å². The third-order valence-corrected chi connectivity index (χ3v) is 6.07. The molecule has 4 fully saturated rings. The molecule has 1 amide bonds. The molecular weight excluding hydrogens is 284 g/mol. The van der Waals surface area contributed by atoms with Crippen molar-refractivity contribution in [3.8, 4) is 0 Å². The summed E-state index contributed by atoms with van der Waals surface area (Å²) in [5.74, 6) is 2.48. The minimum absolute atomic E-state index is 0.139. The SMILES string of the molecule is Nc1ccc(NC(=O)C23CC4CC(CC(C4)C2)C3)c(Cl)c1. The third-order valence-electron chi connectivity index (χ3n) is 5.76. The van der Waals surface area contributed by atoms with E-state index in [1.54, 1.807) is 18.2 Å². The number of hydrogen-bond donors (Lipinski definition) is 2. The number of amides is 1. The average molecular weight is 305 g/mol. The Morgan fingerprint density at radius 3 is 2.24 bits per heavy atom. The standard InChI is InChI=1S/C17H21ClN2O/c18-14-6-13(19)1-2-15(14)20-16(21)17-7-10-3-11(8-17)5-12(4-10)9-17/h1-2,6,10-12H,3-5,7-9,19H2,(H,20,21). The molecule has 4 saturated carbocycles. The van der Waals surface area contributed by atoms with Crippen LogP contribution in [0.25, 0.3) is 0 Å². The van der Waals surface area contributed by atoms with Crippen LogP contribution in [0.1, 0.15) is 38.5 Å². The molecule has 1 aromatic rings. The van der Waals surface area contributed by atoms with Gasteiger partial charge in [0.2, 0.25) is 5.91 Å². The zero-order valence-corrected chi connectivity index (χ0v) is 12.8. The van der Waals surface area contributed by atoms with Crippen molar-refractivity contribution in [1.29, 1.82) is 0 Å². The fourth-order valence-electron chi connectivity index (χ4n) is 5.28. The second-order valence-electron chi connectivity index (χ2n) is 7.39. The van der Waals surface area contributed by atoms with E-state index in [0.717, 1.165) is 37.0 Å². The highest BCUT2D eigenvalue weighted by Gasteiger charge is 2.54. The van der Waals surface area contributed by atoms with Crippen molar-refractivity contribution in [3.05, 3.63) is 23.2 Å². The van der Waals surface area contributed by atoms with Gasteiger partial charge in [-0.3, -0.25) is 4.79 Å². The highest BCUT2D eigenvalue weighted by atomic mass is 35.5. The normalized spacial score (nSPS) is 36.7. The van der Waals surface area contributed by atoms with Gasteiger partial charge in [-0.15, -0.1) is 0 Å². The molecule has 0 unspecified atom stereocenters. The predicted molar refractivity (Wildman–Crippen MR) is 85.1 cm³/mol. The van der Waals surface area contributed by atoms with Crippen molar-refractivity contribution in [1.82, 2.24) is 0 Å². The molecule has 21 heavy (non-hydrogen) atoms. The van der Waals surface area contributed by atoms with Gasteiger partial charge in [-0.1, -0.05) is 11.6 Å². The molecule has 0 heterocycles. The Hall–Kier alpha value is -1.22. The number of halogens is 1. The van der Waals surface area contributed by atoms with Crippen molar-refractivity contribution in [2.45, 2.75) is 38.5 Å². The molecule has 112 valence electrons. The summed E-state index contributed by atoms with van der Waals surface area (Å²) in [5.41, 5.74) is 6.87. The van der Waals surface area contributed by atoms with Gasteiger partial charge in [0.05, 0.1) is 16.1 Å². The van der Waals surface area contributed by atoms with E-state index in [0.29, 0.717) is 16.4 Å². The summed E-state index contributed by atoms with van der Waals surface area (Å²) < 4.78 is 0. The van der Waals surface area contributed by atoms with E-state index in [9.17, 15) is 4.79 Å². The zero-order chi connectivity index (χ0) is 14.6.